The van der Waals surface area contributed by atoms with Crippen LogP contribution in [-0.4, -0.2) is 28.9 Å². The molecule has 112 valence electrons. The molecule has 0 saturated heterocycles. The number of rotatable bonds is 4. The van der Waals surface area contributed by atoms with E-state index < -0.39 is 30.5 Å². The molecule has 0 aliphatic carbocycles. The molecule has 1 aromatic heterocycles. The molecule has 0 unspecified atom stereocenters. The van der Waals surface area contributed by atoms with Crippen LogP contribution in [0.5, 0.6) is 0 Å². The van der Waals surface area contributed by atoms with E-state index in [0.29, 0.717) is 0 Å². The van der Waals surface area contributed by atoms with Crippen molar-refractivity contribution < 1.29 is 35.5 Å². The van der Waals surface area contributed by atoms with Gasteiger partial charge in [-0.2, -0.15) is 30.7 Å². The van der Waals surface area contributed by atoms with E-state index >= 15 is 0 Å². The number of nitrogens with zero attached hydrogens (tertiary/aromatic N) is 1. The molecule has 0 fully saturated rings. The van der Waals surface area contributed by atoms with E-state index in [4.69, 9.17) is 0 Å². The summed E-state index contributed by atoms with van der Waals surface area (Å²) < 4.78 is 86.3. The van der Waals surface area contributed by atoms with Crippen molar-refractivity contribution >= 4 is 5.91 Å². The van der Waals surface area contributed by atoms with Gasteiger partial charge in [-0.05, 0) is 12.1 Å². The van der Waals surface area contributed by atoms with Gasteiger partial charge in [0.25, 0.3) is 5.91 Å². The second-order valence-electron chi connectivity index (χ2n) is 3.65. The van der Waals surface area contributed by atoms with Gasteiger partial charge < -0.3 is 5.32 Å². The Morgan fingerprint density at radius 3 is 2.15 bits per heavy atom. The molecule has 0 spiro atoms. The highest BCUT2D eigenvalue weighted by molar-refractivity contribution is 5.84. The van der Waals surface area contributed by atoms with Crippen LogP contribution in [0.4, 0.5) is 30.7 Å². The van der Waals surface area contributed by atoms with Crippen LogP contribution in [0.25, 0.3) is 0 Å². The van der Waals surface area contributed by atoms with Gasteiger partial charge in [-0.1, -0.05) is 6.07 Å². The summed E-state index contributed by atoms with van der Waals surface area (Å²) in [5.74, 6) is -15.1. The molecule has 0 aliphatic heterocycles. The molecule has 1 rings (SSSR count). The molecule has 0 aliphatic rings. The lowest BCUT2D eigenvalue weighted by Gasteiger charge is -2.26. The van der Waals surface area contributed by atoms with Crippen molar-refractivity contribution in [2.24, 2.45) is 0 Å². The molecule has 0 aromatic carbocycles. The van der Waals surface area contributed by atoms with E-state index in [2.05, 4.69) is 4.98 Å². The molecular formula is C10H7F7N2O. The van der Waals surface area contributed by atoms with Crippen LogP contribution in [0.3, 0.4) is 0 Å². The normalized spacial score (nSPS) is 13.2. The Morgan fingerprint density at radius 2 is 1.70 bits per heavy atom. The maximum atomic E-state index is 12.9. The number of nitrogens with one attached hydrogen (secondary N) is 1. The summed E-state index contributed by atoms with van der Waals surface area (Å²) in [4.78, 5) is 14.4. The lowest BCUT2D eigenvalue weighted by Crippen LogP contribution is -2.59. The largest absolute Gasteiger partial charge is 0.460 e. The average Bonchev–Trinajstić information content (AvgIpc) is 2.35. The minimum Gasteiger partial charge on any atom is -0.345 e. The van der Waals surface area contributed by atoms with E-state index in [0.717, 1.165) is 0 Å². The van der Waals surface area contributed by atoms with Crippen LogP contribution >= 0.6 is 0 Å². The summed E-state index contributed by atoms with van der Waals surface area (Å²) in [5.41, 5.74) is 0.0203. The van der Waals surface area contributed by atoms with E-state index in [9.17, 15) is 35.5 Å². The molecule has 0 atom stereocenters. The first-order valence-electron chi connectivity index (χ1n) is 5.00. The average molecular weight is 304 g/mol. The minimum absolute atomic E-state index is 0.0203. The van der Waals surface area contributed by atoms with Crippen LogP contribution in [0, 0.1) is 0 Å². The Morgan fingerprint density at radius 1 is 1.10 bits per heavy atom. The van der Waals surface area contributed by atoms with Gasteiger partial charge in [0.1, 0.15) is 0 Å². The Hall–Kier alpha value is -1.87. The smallest absolute Gasteiger partial charge is 0.345 e. The first kappa shape index (κ1) is 16.2. The maximum absolute atomic E-state index is 12.9. The summed E-state index contributed by atoms with van der Waals surface area (Å²) in [5, 5.41) is 1.29. The van der Waals surface area contributed by atoms with Crippen molar-refractivity contribution in [1.82, 2.24) is 10.3 Å². The first-order valence-corrected chi connectivity index (χ1v) is 5.00. The molecule has 1 aromatic rings. The molecule has 0 bridgehead atoms. The Labute approximate surface area is 107 Å². The number of pyridine rings is 1. The molecule has 1 heterocycles. The van der Waals surface area contributed by atoms with Crippen molar-refractivity contribution in [2.45, 2.75) is 24.6 Å². The third-order valence-electron chi connectivity index (χ3n) is 2.19. The number of carbonyl (C=O) groups excluding carboxylic acids is 1. The topological polar surface area (TPSA) is 42.0 Å². The third-order valence-corrected chi connectivity index (χ3v) is 2.19. The van der Waals surface area contributed by atoms with Crippen LogP contribution < -0.4 is 5.32 Å². The number of carbonyl (C=O) groups is 1. The predicted octanol–water partition coefficient (Wildman–Crippen LogP) is 2.53. The molecule has 20 heavy (non-hydrogen) atoms. The number of halogens is 7. The SMILES string of the molecule is O=C(NCc1ccccn1)C(F)(F)C(F)(F)C(F)(F)F. The van der Waals surface area contributed by atoms with E-state index in [1.807, 2.05) is 0 Å². The maximum Gasteiger partial charge on any atom is 0.460 e. The van der Waals surface area contributed by atoms with Gasteiger partial charge in [0.15, 0.2) is 0 Å². The molecule has 3 nitrogen and oxygen atoms in total. The van der Waals surface area contributed by atoms with Crippen molar-refractivity contribution in [3.05, 3.63) is 30.1 Å². The van der Waals surface area contributed by atoms with Gasteiger partial charge in [0.05, 0.1) is 12.2 Å². The van der Waals surface area contributed by atoms with Crippen molar-refractivity contribution in [1.29, 1.82) is 0 Å². The Bertz CT molecular complexity index is 472. The zero-order chi connectivity index (χ0) is 15.6. The molecule has 10 heteroatoms. The quantitative estimate of drug-likeness (QED) is 0.869. The van der Waals surface area contributed by atoms with Gasteiger partial charge in [0.2, 0.25) is 0 Å². The molecular weight excluding hydrogens is 297 g/mol. The molecule has 0 saturated carbocycles. The third kappa shape index (κ3) is 2.99. The summed E-state index contributed by atoms with van der Waals surface area (Å²) >= 11 is 0. The highest BCUT2D eigenvalue weighted by atomic mass is 19.4. The van der Waals surface area contributed by atoms with E-state index in [1.54, 1.807) is 0 Å². The van der Waals surface area contributed by atoms with Crippen molar-refractivity contribution in [3.8, 4) is 0 Å². The highest BCUT2D eigenvalue weighted by Gasteiger charge is 2.76. The standard InChI is InChI=1S/C10H7F7N2O/c11-8(12,9(13,14)10(15,16)17)7(20)19-5-6-3-1-2-4-18-6/h1-4H,5H2,(H,19,20). The molecule has 1 amide bonds. The first-order chi connectivity index (χ1) is 9.00. The number of hydrogen-bond acceptors (Lipinski definition) is 2. The predicted molar refractivity (Wildman–Crippen MR) is 52.0 cm³/mol. The summed E-state index contributed by atoms with van der Waals surface area (Å²) in [6, 6.07) is 4.13. The molecule has 0 radical (unpaired) electrons. The van der Waals surface area contributed by atoms with E-state index in [-0.39, 0.29) is 5.69 Å². The van der Waals surface area contributed by atoms with Crippen LogP contribution in [0.15, 0.2) is 24.4 Å². The minimum atomic E-state index is -6.54. The highest BCUT2D eigenvalue weighted by Crippen LogP contribution is 2.46. The zero-order valence-electron chi connectivity index (χ0n) is 9.52. The fraction of sp³-hybridized carbons (Fsp3) is 0.400. The van der Waals surface area contributed by atoms with Gasteiger partial charge in [0, 0.05) is 6.20 Å². The lowest BCUT2D eigenvalue weighted by atomic mass is 10.1. The van der Waals surface area contributed by atoms with E-state index in [1.165, 1.54) is 29.7 Å². The fourth-order valence-corrected chi connectivity index (χ4v) is 1.11. The van der Waals surface area contributed by atoms with Crippen LogP contribution in [-0.2, 0) is 11.3 Å². The summed E-state index contributed by atoms with van der Waals surface area (Å²) in [6.45, 7) is -0.705. The number of amides is 1. The van der Waals surface area contributed by atoms with Gasteiger partial charge in [-0.3, -0.25) is 9.78 Å². The van der Waals surface area contributed by atoms with Gasteiger partial charge in [-0.15, -0.1) is 0 Å². The van der Waals surface area contributed by atoms with Crippen LogP contribution in [0.1, 0.15) is 5.69 Å². The Kier molecular flexibility index (Phi) is 4.25. The zero-order valence-corrected chi connectivity index (χ0v) is 9.52. The van der Waals surface area contributed by atoms with Gasteiger partial charge in [-0.25, -0.2) is 0 Å². The second kappa shape index (κ2) is 5.25. The van der Waals surface area contributed by atoms with Gasteiger partial charge >= 0.3 is 18.0 Å². The second-order valence-corrected chi connectivity index (χ2v) is 3.65. The monoisotopic (exact) mass is 304 g/mol. The number of alkyl halides is 7. The molecule has 1 N–H and O–H groups in total. The fourth-order valence-electron chi connectivity index (χ4n) is 1.11. The summed E-state index contributed by atoms with van der Waals surface area (Å²) in [6.07, 6.45) is -5.32. The lowest BCUT2D eigenvalue weighted by molar-refractivity contribution is -0.344. The number of hydrogen-bond donors (Lipinski definition) is 1. The van der Waals surface area contributed by atoms with Crippen molar-refractivity contribution in [3.63, 3.8) is 0 Å². The van der Waals surface area contributed by atoms with Crippen LogP contribution in [0.2, 0.25) is 0 Å². The Balaban J connectivity index is 2.80. The number of aromatic nitrogens is 1. The van der Waals surface area contributed by atoms with Crippen molar-refractivity contribution in [2.75, 3.05) is 0 Å². The summed E-state index contributed by atoms with van der Waals surface area (Å²) in [7, 11) is 0.